The van der Waals surface area contributed by atoms with E-state index in [2.05, 4.69) is 6.08 Å². The Labute approximate surface area is 131 Å². The molecular formula is C16H24O6. The van der Waals surface area contributed by atoms with Crippen LogP contribution in [0.1, 0.15) is 20.3 Å². The molecule has 0 fully saturated rings. The lowest BCUT2D eigenvalue weighted by molar-refractivity contribution is -0.242. The number of esters is 1. The zero-order valence-electron chi connectivity index (χ0n) is 13.5. The van der Waals surface area contributed by atoms with Gasteiger partial charge in [-0.25, -0.2) is 4.79 Å². The van der Waals surface area contributed by atoms with E-state index in [-0.39, 0.29) is 24.1 Å². The molecule has 2 rings (SSSR count). The van der Waals surface area contributed by atoms with Gasteiger partial charge in [0.1, 0.15) is 0 Å². The third-order valence-corrected chi connectivity index (χ3v) is 3.98. The van der Waals surface area contributed by atoms with Crippen molar-refractivity contribution in [2.45, 2.75) is 32.8 Å². The van der Waals surface area contributed by atoms with Gasteiger partial charge in [0.25, 0.3) is 0 Å². The minimum atomic E-state index is -0.496. The molecule has 1 aliphatic carbocycles. The molecule has 0 aromatic rings. The van der Waals surface area contributed by atoms with Crippen molar-refractivity contribution in [2.75, 3.05) is 27.4 Å². The fourth-order valence-electron chi connectivity index (χ4n) is 3.04. The zero-order chi connectivity index (χ0) is 16.1. The van der Waals surface area contributed by atoms with Gasteiger partial charge in [-0.3, -0.25) is 0 Å². The minimum Gasteiger partial charge on any atom is -0.471 e. The van der Waals surface area contributed by atoms with Crippen LogP contribution < -0.4 is 0 Å². The number of methoxy groups -OCH3 is 2. The lowest BCUT2D eigenvalue weighted by Gasteiger charge is -2.35. The molecule has 6 heteroatoms. The molecule has 4 atom stereocenters. The quantitative estimate of drug-likeness (QED) is 0.407. The van der Waals surface area contributed by atoms with Crippen molar-refractivity contribution in [1.82, 2.24) is 0 Å². The van der Waals surface area contributed by atoms with Gasteiger partial charge < -0.3 is 23.7 Å². The van der Waals surface area contributed by atoms with Gasteiger partial charge in [-0.15, -0.1) is 0 Å². The molecule has 0 bridgehead atoms. The van der Waals surface area contributed by atoms with Crippen molar-refractivity contribution in [3.8, 4) is 0 Å². The smallest absolute Gasteiger partial charge is 0.337 e. The van der Waals surface area contributed by atoms with Crippen LogP contribution in [0.5, 0.6) is 0 Å². The van der Waals surface area contributed by atoms with Crippen LogP contribution in [0.4, 0.5) is 0 Å². The Morgan fingerprint density at radius 2 is 2.23 bits per heavy atom. The summed E-state index contributed by atoms with van der Waals surface area (Å²) < 4.78 is 27.0. The predicted octanol–water partition coefficient (Wildman–Crippen LogP) is 2.01. The average molecular weight is 312 g/mol. The summed E-state index contributed by atoms with van der Waals surface area (Å²) >= 11 is 0. The van der Waals surface area contributed by atoms with Gasteiger partial charge in [0.05, 0.1) is 31.5 Å². The van der Waals surface area contributed by atoms with Crippen molar-refractivity contribution in [1.29, 1.82) is 0 Å². The van der Waals surface area contributed by atoms with E-state index in [4.69, 9.17) is 23.7 Å². The van der Waals surface area contributed by atoms with Crippen LogP contribution in [0, 0.1) is 11.8 Å². The summed E-state index contributed by atoms with van der Waals surface area (Å²) in [5.74, 6) is -0.439. The number of rotatable bonds is 7. The summed E-state index contributed by atoms with van der Waals surface area (Å²) in [6.45, 7) is 4.79. The summed E-state index contributed by atoms with van der Waals surface area (Å²) in [5, 5.41) is 0. The van der Waals surface area contributed by atoms with Gasteiger partial charge in [-0.2, -0.15) is 0 Å². The van der Waals surface area contributed by atoms with Crippen molar-refractivity contribution in [3.63, 3.8) is 0 Å². The highest BCUT2D eigenvalue weighted by atomic mass is 16.8. The highest BCUT2D eigenvalue weighted by Gasteiger charge is 2.45. The second-order valence-corrected chi connectivity index (χ2v) is 5.31. The van der Waals surface area contributed by atoms with Crippen molar-refractivity contribution in [3.05, 3.63) is 23.5 Å². The number of carbonyl (C=O) groups is 1. The third-order valence-electron chi connectivity index (χ3n) is 3.98. The fourth-order valence-corrected chi connectivity index (χ4v) is 3.04. The molecule has 0 aromatic carbocycles. The number of fused-ring (bicyclic) bond motifs is 1. The normalized spacial score (nSPS) is 28.3. The number of hydrogen-bond acceptors (Lipinski definition) is 6. The maximum Gasteiger partial charge on any atom is 0.337 e. The Morgan fingerprint density at radius 3 is 2.86 bits per heavy atom. The largest absolute Gasteiger partial charge is 0.471 e. The van der Waals surface area contributed by atoms with Gasteiger partial charge in [0, 0.05) is 19.6 Å². The molecule has 1 aliphatic heterocycles. The van der Waals surface area contributed by atoms with Gasteiger partial charge in [0.15, 0.2) is 6.29 Å². The van der Waals surface area contributed by atoms with Gasteiger partial charge in [-0.05, 0) is 25.8 Å². The minimum absolute atomic E-state index is 0.00910. The summed E-state index contributed by atoms with van der Waals surface area (Å²) in [5.41, 5.74) is 1.62. The van der Waals surface area contributed by atoms with E-state index in [9.17, 15) is 4.79 Å². The number of hydrogen-bond donors (Lipinski definition) is 0. The van der Waals surface area contributed by atoms with Crippen molar-refractivity contribution >= 4 is 5.97 Å². The van der Waals surface area contributed by atoms with Crippen LogP contribution in [0.3, 0.4) is 0 Å². The fraction of sp³-hybridized carbons (Fsp3) is 0.688. The van der Waals surface area contributed by atoms with Gasteiger partial charge in [0.2, 0.25) is 6.29 Å². The topological polar surface area (TPSA) is 63.2 Å². The maximum atomic E-state index is 11.9. The van der Waals surface area contributed by atoms with E-state index in [0.29, 0.717) is 18.8 Å². The monoisotopic (exact) mass is 312 g/mol. The van der Waals surface area contributed by atoms with Crippen LogP contribution in [0.15, 0.2) is 23.5 Å². The Hall–Kier alpha value is -1.37. The molecule has 0 aromatic heterocycles. The molecule has 0 spiro atoms. The summed E-state index contributed by atoms with van der Waals surface area (Å²) in [6.07, 6.45) is 3.42. The molecule has 0 amide bonds. The summed E-state index contributed by atoms with van der Waals surface area (Å²) in [7, 11) is 3.02. The van der Waals surface area contributed by atoms with Crippen molar-refractivity contribution in [2.24, 2.45) is 11.8 Å². The molecule has 124 valence electrons. The lowest BCUT2D eigenvalue weighted by Crippen LogP contribution is -2.39. The zero-order valence-corrected chi connectivity index (χ0v) is 13.5. The molecule has 2 aliphatic rings. The van der Waals surface area contributed by atoms with E-state index in [0.717, 1.165) is 12.0 Å². The first-order chi connectivity index (χ1) is 10.6. The van der Waals surface area contributed by atoms with E-state index in [1.54, 1.807) is 7.11 Å². The Kier molecular flexibility index (Phi) is 5.99. The van der Waals surface area contributed by atoms with Crippen LogP contribution in [-0.2, 0) is 28.5 Å². The summed E-state index contributed by atoms with van der Waals surface area (Å²) in [4.78, 5) is 11.9. The van der Waals surface area contributed by atoms with Gasteiger partial charge >= 0.3 is 5.97 Å². The molecule has 0 N–H and O–H groups in total. The molecule has 1 unspecified atom stereocenters. The third kappa shape index (κ3) is 3.51. The molecule has 22 heavy (non-hydrogen) atoms. The molecule has 1 heterocycles. The molecule has 0 saturated heterocycles. The molecular weight excluding hydrogens is 288 g/mol. The van der Waals surface area contributed by atoms with Crippen LogP contribution >= 0.6 is 0 Å². The highest BCUT2D eigenvalue weighted by molar-refractivity contribution is 5.89. The first-order valence-corrected chi connectivity index (χ1v) is 7.51. The molecule has 6 nitrogen and oxygen atoms in total. The van der Waals surface area contributed by atoms with Gasteiger partial charge in [-0.1, -0.05) is 6.08 Å². The second-order valence-electron chi connectivity index (χ2n) is 5.31. The van der Waals surface area contributed by atoms with E-state index in [1.807, 2.05) is 13.8 Å². The van der Waals surface area contributed by atoms with Crippen LogP contribution in [0.25, 0.3) is 0 Å². The SMILES string of the molecule is CCOC(C)O[C@@H]1OC=C(C(=O)OC)[C@H]2CC=C(COC)[C@@H]12. The van der Waals surface area contributed by atoms with E-state index < -0.39 is 6.29 Å². The Balaban J connectivity index is 2.18. The first kappa shape index (κ1) is 17.0. The number of ether oxygens (including phenoxy) is 5. The standard InChI is InChI=1S/C16H24O6/c1-5-20-10(2)22-16-14-11(8-18-3)6-7-12(14)13(9-21-16)15(17)19-4/h6,9-10,12,14,16H,5,7-8H2,1-4H3/t10?,12-,14-,16+/m1/s1. The maximum absolute atomic E-state index is 11.9. The second kappa shape index (κ2) is 7.76. The number of carbonyl (C=O) groups excluding carboxylic acids is 1. The van der Waals surface area contributed by atoms with Crippen molar-refractivity contribution < 1.29 is 28.5 Å². The number of allylic oxidation sites excluding steroid dienone is 1. The highest BCUT2D eigenvalue weighted by Crippen LogP contribution is 2.44. The molecule has 0 saturated carbocycles. The summed E-state index contributed by atoms with van der Waals surface area (Å²) in [6, 6.07) is 0. The Morgan fingerprint density at radius 1 is 1.45 bits per heavy atom. The first-order valence-electron chi connectivity index (χ1n) is 7.51. The van der Waals surface area contributed by atoms with Crippen LogP contribution in [0.2, 0.25) is 0 Å². The Bertz CT molecular complexity index is 456. The van der Waals surface area contributed by atoms with Crippen LogP contribution in [-0.4, -0.2) is 46.0 Å². The molecule has 0 radical (unpaired) electrons. The van der Waals surface area contributed by atoms with E-state index in [1.165, 1.54) is 13.4 Å². The van der Waals surface area contributed by atoms with E-state index >= 15 is 0 Å². The lowest BCUT2D eigenvalue weighted by atomic mass is 9.83. The average Bonchev–Trinajstić information content (AvgIpc) is 2.92. The predicted molar refractivity (Wildman–Crippen MR) is 78.7 cm³/mol.